The van der Waals surface area contributed by atoms with Gasteiger partial charge in [0.1, 0.15) is 0 Å². The van der Waals surface area contributed by atoms with E-state index < -0.39 is 5.97 Å². The van der Waals surface area contributed by atoms with Crippen LogP contribution in [0.4, 0.5) is 0 Å². The van der Waals surface area contributed by atoms with E-state index in [0.29, 0.717) is 5.56 Å². The Morgan fingerprint density at radius 2 is 1.39 bits per heavy atom. The second kappa shape index (κ2) is 15.7. The van der Waals surface area contributed by atoms with Crippen molar-refractivity contribution in [2.75, 3.05) is 0 Å². The number of benzene rings is 2. The SMILES string of the molecule is CCCCCCCCCCC=CCCCCCCc1cccc2cc(C(=O)O)ccc12. The van der Waals surface area contributed by atoms with Gasteiger partial charge in [0.15, 0.2) is 0 Å². The number of hydrogen-bond acceptors (Lipinski definition) is 1. The lowest BCUT2D eigenvalue weighted by molar-refractivity contribution is 0.0697. The van der Waals surface area contributed by atoms with Crippen molar-refractivity contribution in [2.45, 2.75) is 103 Å². The number of rotatable bonds is 17. The average molecular weight is 423 g/mol. The molecule has 1 N–H and O–H groups in total. The maximum absolute atomic E-state index is 11.2. The highest BCUT2D eigenvalue weighted by Crippen LogP contribution is 2.22. The lowest BCUT2D eigenvalue weighted by atomic mass is 9.98. The molecule has 2 heteroatoms. The van der Waals surface area contributed by atoms with Gasteiger partial charge in [-0.2, -0.15) is 0 Å². The van der Waals surface area contributed by atoms with Crippen LogP contribution in [0.15, 0.2) is 48.6 Å². The van der Waals surface area contributed by atoms with Gasteiger partial charge in [-0.1, -0.05) is 101 Å². The molecule has 0 saturated heterocycles. The number of allylic oxidation sites excluding steroid dienone is 2. The number of carbonyl (C=O) groups is 1. The third-order valence-electron chi connectivity index (χ3n) is 6.18. The molecule has 0 saturated carbocycles. The number of hydrogen-bond donors (Lipinski definition) is 1. The van der Waals surface area contributed by atoms with Gasteiger partial charge in [0.2, 0.25) is 0 Å². The minimum Gasteiger partial charge on any atom is -0.478 e. The van der Waals surface area contributed by atoms with E-state index >= 15 is 0 Å². The molecule has 0 aromatic heterocycles. The molecule has 0 aliphatic carbocycles. The summed E-state index contributed by atoms with van der Waals surface area (Å²) in [5, 5.41) is 11.4. The summed E-state index contributed by atoms with van der Waals surface area (Å²) in [6.45, 7) is 2.28. The van der Waals surface area contributed by atoms with Crippen LogP contribution in [-0.2, 0) is 6.42 Å². The van der Waals surface area contributed by atoms with Crippen molar-refractivity contribution in [3.05, 3.63) is 59.7 Å². The maximum Gasteiger partial charge on any atom is 0.335 e. The van der Waals surface area contributed by atoms with E-state index in [4.69, 9.17) is 5.11 Å². The smallest absolute Gasteiger partial charge is 0.335 e. The van der Waals surface area contributed by atoms with E-state index in [1.807, 2.05) is 18.2 Å². The van der Waals surface area contributed by atoms with Crippen LogP contribution in [0, 0.1) is 0 Å². The summed E-state index contributed by atoms with van der Waals surface area (Å²) in [5.41, 5.74) is 1.69. The van der Waals surface area contributed by atoms with Crippen LogP contribution in [0.3, 0.4) is 0 Å². The Morgan fingerprint density at radius 3 is 2.03 bits per heavy atom. The summed E-state index contributed by atoms with van der Waals surface area (Å²) in [6.07, 6.45) is 24.5. The van der Waals surface area contributed by atoms with Gasteiger partial charge < -0.3 is 5.11 Å². The van der Waals surface area contributed by atoms with E-state index in [-0.39, 0.29) is 0 Å². The number of carboxylic acid groups (broad SMARTS) is 1. The third-order valence-corrected chi connectivity index (χ3v) is 6.18. The molecule has 2 nitrogen and oxygen atoms in total. The Bertz CT molecular complexity index is 790. The fourth-order valence-corrected chi connectivity index (χ4v) is 4.26. The van der Waals surface area contributed by atoms with Gasteiger partial charge in [-0.25, -0.2) is 4.79 Å². The Kier molecular flexibility index (Phi) is 12.7. The predicted octanol–water partition coefficient (Wildman–Crippen LogP) is 9.12. The van der Waals surface area contributed by atoms with Crippen LogP contribution in [-0.4, -0.2) is 11.1 Å². The molecule has 2 aromatic carbocycles. The van der Waals surface area contributed by atoms with Crippen LogP contribution in [0.2, 0.25) is 0 Å². The largest absolute Gasteiger partial charge is 0.478 e. The standard InChI is InChI=1S/C29H42O2/c1-2-3-4-5-6-7-8-9-10-11-12-13-14-15-16-17-19-25-20-18-21-26-24-27(29(30)31)22-23-28(25)26/h11-12,18,20-24H,2-10,13-17,19H2,1H3,(H,30,31). The van der Waals surface area contributed by atoms with Crippen molar-refractivity contribution in [1.82, 2.24) is 0 Å². The molecule has 31 heavy (non-hydrogen) atoms. The van der Waals surface area contributed by atoms with Gasteiger partial charge in [0.05, 0.1) is 5.56 Å². The number of aryl methyl sites for hydroxylation is 1. The first kappa shape index (κ1) is 25.2. The zero-order valence-corrected chi connectivity index (χ0v) is 19.6. The van der Waals surface area contributed by atoms with Crippen molar-refractivity contribution in [1.29, 1.82) is 0 Å². The fourth-order valence-electron chi connectivity index (χ4n) is 4.26. The highest BCUT2D eigenvalue weighted by Gasteiger charge is 2.06. The molecule has 0 fully saturated rings. The molecule has 0 radical (unpaired) electrons. The van der Waals surface area contributed by atoms with Crippen molar-refractivity contribution < 1.29 is 9.90 Å². The molecular formula is C29H42O2. The predicted molar refractivity (Wildman–Crippen MR) is 134 cm³/mol. The molecule has 0 aliphatic heterocycles. The molecule has 0 spiro atoms. The zero-order chi connectivity index (χ0) is 22.2. The molecule has 0 atom stereocenters. The summed E-state index contributed by atoms with van der Waals surface area (Å²) in [6, 6.07) is 11.7. The molecule has 0 bridgehead atoms. The number of carboxylic acids is 1. The minimum atomic E-state index is -0.862. The summed E-state index contributed by atoms with van der Waals surface area (Å²) < 4.78 is 0. The molecule has 0 unspecified atom stereocenters. The van der Waals surface area contributed by atoms with E-state index in [2.05, 4.69) is 25.1 Å². The molecule has 0 aliphatic rings. The molecule has 0 heterocycles. The van der Waals surface area contributed by atoms with Crippen molar-refractivity contribution in [3.8, 4) is 0 Å². The molecule has 2 aromatic rings. The lowest BCUT2D eigenvalue weighted by Gasteiger charge is -2.07. The Balaban J connectivity index is 1.51. The van der Waals surface area contributed by atoms with Gasteiger partial charge in [-0.15, -0.1) is 0 Å². The first-order valence-electron chi connectivity index (χ1n) is 12.6. The Labute approximate surface area is 189 Å². The van der Waals surface area contributed by atoms with Crippen LogP contribution in [0.5, 0.6) is 0 Å². The highest BCUT2D eigenvalue weighted by molar-refractivity contribution is 5.95. The van der Waals surface area contributed by atoms with Gasteiger partial charge >= 0.3 is 5.97 Å². The summed E-state index contributed by atoms with van der Waals surface area (Å²) in [7, 11) is 0. The van der Waals surface area contributed by atoms with E-state index in [1.54, 1.807) is 12.1 Å². The molecule has 2 rings (SSSR count). The third kappa shape index (κ3) is 10.2. The van der Waals surface area contributed by atoms with Gasteiger partial charge in [-0.3, -0.25) is 0 Å². The monoisotopic (exact) mass is 422 g/mol. The van der Waals surface area contributed by atoms with Crippen LogP contribution < -0.4 is 0 Å². The Morgan fingerprint density at radius 1 is 0.774 bits per heavy atom. The molecular weight excluding hydrogens is 380 g/mol. The zero-order valence-electron chi connectivity index (χ0n) is 19.6. The van der Waals surface area contributed by atoms with Gasteiger partial charge in [0.25, 0.3) is 0 Å². The van der Waals surface area contributed by atoms with Crippen LogP contribution in [0.25, 0.3) is 10.8 Å². The maximum atomic E-state index is 11.2. The van der Waals surface area contributed by atoms with E-state index in [9.17, 15) is 4.79 Å². The first-order chi connectivity index (χ1) is 15.2. The summed E-state index contributed by atoms with van der Waals surface area (Å²) in [5.74, 6) is -0.862. The number of aromatic carboxylic acids is 1. The summed E-state index contributed by atoms with van der Waals surface area (Å²) in [4.78, 5) is 11.2. The molecule has 170 valence electrons. The van der Waals surface area contributed by atoms with E-state index in [1.165, 1.54) is 101 Å². The van der Waals surface area contributed by atoms with Crippen molar-refractivity contribution >= 4 is 16.7 Å². The Hall–Kier alpha value is -2.09. The number of unbranched alkanes of at least 4 members (excludes halogenated alkanes) is 12. The van der Waals surface area contributed by atoms with Gasteiger partial charge in [0, 0.05) is 0 Å². The van der Waals surface area contributed by atoms with Crippen molar-refractivity contribution in [3.63, 3.8) is 0 Å². The second-order valence-electron chi connectivity index (χ2n) is 8.85. The second-order valence-corrected chi connectivity index (χ2v) is 8.85. The van der Waals surface area contributed by atoms with Crippen LogP contribution in [0.1, 0.15) is 113 Å². The lowest BCUT2D eigenvalue weighted by Crippen LogP contribution is -1.96. The first-order valence-corrected chi connectivity index (χ1v) is 12.6. The van der Waals surface area contributed by atoms with Crippen LogP contribution >= 0.6 is 0 Å². The highest BCUT2D eigenvalue weighted by atomic mass is 16.4. The quantitative estimate of drug-likeness (QED) is 0.204. The van der Waals surface area contributed by atoms with Crippen molar-refractivity contribution in [2.24, 2.45) is 0 Å². The minimum absolute atomic E-state index is 0.361. The van der Waals surface area contributed by atoms with E-state index in [0.717, 1.165) is 11.8 Å². The topological polar surface area (TPSA) is 37.3 Å². The molecule has 0 amide bonds. The average Bonchev–Trinajstić information content (AvgIpc) is 2.78. The fraction of sp³-hybridized carbons (Fsp3) is 0.552. The van der Waals surface area contributed by atoms with Gasteiger partial charge in [-0.05, 0) is 67.0 Å². The summed E-state index contributed by atoms with van der Waals surface area (Å²) >= 11 is 0. The number of fused-ring (bicyclic) bond motifs is 1. The normalized spacial score (nSPS) is 11.5.